The van der Waals surface area contributed by atoms with E-state index in [0.29, 0.717) is 0 Å². The summed E-state index contributed by atoms with van der Waals surface area (Å²) in [6.45, 7) is 3.12. The SMILES string of the molecule is C=CC(=O)C=C=S(=O)=O. The summed E-state index contributed by atoms with van der Waals surface area (Å²) in [4.78, 5) is 10.2. The smallest absolute Gasteiger partial charge is 0.260 e. The van der Waals surface area contributed by atoms with Crippen molar-refractivity contribution in [1.29, 1.82) is 0 Å². The molecule has 0 saturated heterocycles. The van der Waals surface area contributed by atoms with Crippen LogP contribution in [-0.4, -0.2) is 19.2 Å². The summed E-state index contributed by atoms with van der Waals surface area (Å²) in [5.74, 6) is -0.473. The van der Waals surface area contributed by atoms with Crippen LogP contribution in [0.2, 0.25) is 0 Å². The van der Waals surface area contributed by atoms with E-state index in [9.17, 15) is 13.2 Å². The lowest BCUT2D eigenvalue weighted by Crippen LogP contribution is -1.82. The molecule has 0 aliphatic heterocycles. The third-order valence-electron chi connectivity index (χ3n) is 0.499. The van der Waals surface area contributed by atoms with Gasteiger partial charge in [0.15, 0.2) is 5.78 Å². The molecular formula is C5H4O3S. The molecule has 0 aromatic rings. The molecular weight excluding hydrogens is 140 g/mol. The van der Waals surface area contributed by atoms with Crippen molar-refractivity contribution >= 4 is 21.1 Å². The van der Waals surface area contributed by atoms with Crippen LogP contribution in [0, 0.1) is 0 Å². The molecule has 0 spiro atoms. The molecule has 0 aliphatic rings. The van der Waals surface area contributed by atoms with Gasteiger partial charge in [-0.15, -0.1) is 0 Å². The zero-order valence-electron chi connectivity index (χ0n) is 4.49. The van der Waals surface area contributed by atoms with E-state index in [1.165, 1.54) is 0 Å². The van der Waals surface area contributed by atoms with Crippen molar-refractivity contribution in [2.75, 3.05) is 0 Å². The molecule has 0 unspecified atom stereocenters. The minimum atomic E-state index is -2.41. The standard InChI is InChI=1S/C5H4O3S/c1-2-5(6)3-4-9(7)8/h2-3H,1H2. The number of hydrogen-bond donors (Lipinski definition) is 0. The first-order valence-electron chi connectivity index (χ1n) is 2.02. The number of carbonyl (C=O) groups excluding carboxylic acids is 1. The highest BCUT2D eigenvalue weighted by Gasteiger charge is 1.80. The van der Waals surface area contributed by atoms with Crippen LogP contribution in [0.25, 0.3) is 0 Å². The van der Waals surface area contributed by atoms with Crippen molar-refractivity contribution in [1.82, 2.24) is 0 Å². The van der Waals surface area contributed by atoms with Crippen molar-refractivity contribution in [3.05, 3.63) is 18.7 Å². The van der Waals surface area contributed by atoms with Crippen LogP contribution in [0.3, 0.4) is 0 Å². The summed E-state index contributed by atoms with van der Waals surface area (Å²) in [6.07, 6.45) is 1.80. The number of carbonyl (C=O) groups is 1. The van der Waals surface area contributed by atoms with Crippen molar-refractivity contribution in [2.24, 2.45) is 0 Å². The third-order valence-corrected chi connectivity index (χ3v) is 0.809. The molecule has 4 heteroatoms. The monoisotopic (exact) mass is 144 g/mol. The van der Waals surface area contributed by atoms with E-state index in [-0.39, 0.29) is 0 Å². The van der Waals surface area contributed by atoms with Crippen molar-refractivity contribution in [3.8, 4) is 0 Å². The Kier molecular flexibility index (Phi) is 3.35. The van der Waals surface area contributed by atoms with Gasteiger partial charge in [-0.1, -0.05) is 6.58 Å². The maximum Gasteiger partial charge on any atom is 0.260 e. The molecule has 0 bridgehead atoms. The van der Waals surface area contributed by atoms with Gasteiger partial charge in [0.05, 0.1) is 0 Å². The summed E-state index contributed by atoms with van der Waals surface area (Å²) in [5.41, 5.74) is 0. The van der Waals surface area contributed by atoms with Crippen LogP contribution in [0.5, 0.6) is 0 Å². The van der Waals surface area contributed by atoms with Gasteiger partial charge in [-0.05, 0) is 6.08 Å². The van der Waals surface area contributed by atoms with Gasteiger partial charge in [-0.3, -0.25) is 4.79 Å². The zero-order chi connectivity index (χ0) is 7.28. The molecule has 0 aliphatic carbocycles. The Balaban J connectivity index is 4.56. The molecule has 0 aromatic carbocycles. The molecule has 0 amide bonds. The van der Waals surface area contributed by atoms with Gasteiger partial charge in [0.2, 0.25) is 0 Å². The average molecular weight is 144 g/mol. The number of rotatable bonds is 2. The molecule has 0 radical (unpaired) electrons. The van der Waals surface area contributed by atoms with E-state index < -0.39 is 16.1 Å². The Hall–Kier alpha value is -1.12. The summed E-state index contributed by atoms with van der Waals surface area (Å²) in [5, 5.41) is 1.77. The predicted molar refractivity (Wildman–Crippen MR) is 33.7 cm³/mol. The fraction of sp³-hybridized carbons (Fsp3) is 0. The Morgan fingerprint density at radius 1 is 1.56 bits per heavy atom. The Labute approximate surface area is 53.8 Å². The predicted octanol–water partition coefficient (Wildman–Crippen LogP) is -0.422. The quantitative estimate of drug-likeness (QED) is 0.390. The average Bonchev–Trinajstić information content (AvgIpc) is 1.83. The van der Waals surface area contributed by atoms with Gasteiger partial charge in [0, 0.05) is 11.1 Å². The first-order chi connectivity index (χ1) is 4.16. The van der Waals surface area contributed by atoms with E-state index in [1.54, 1.807) is 5.02 Å². The lowest BCUT2D eigenvalue weighted by molar-refractivity contribution is -0.110. The van der Waals surface area contributed by atoms with E-state index in [4.69, 9.17) is 0 Å². The Morgan fingerprint density at radius 2 is 2.11 bits per heavy atom. The van der Waals surface area contributed by atoms with Crippen molar-refractivity contribution in [2.45, 2.75) is 0 Å². The Bertz CT molecular complexity index is 269. The van der Waals surface area contributed by atoms with E-state index in [2.05, 4.69) is 6.58 Å². The summed E-state index contributed by atoms with van der Waals surface area (Å²) in [7, 11) is -2.41. The highest BCUT2D eigenvalue weighted by atomic mass is 32.2. The van der Waals surface area contributed by atoms with Gasteiger partial charge >= 0.3 is 0 Å². The first kappa shape index (κ1) is 7.88. The lowest BCUT2D eigenvalue weighted by atomic mass is 10.4. The van der Waals surface area contributed by atoms with Crippen LogP contribution >= 0.6 is 0 Å². The molecule has 3 nitrogen and oxygen atoms in total. The first-order valence-corrected chi connectivity index (χ1v) is 3.09. The summed E-state index contributed by atoms with van der Waals surface area (Å²) < 4.78 is 19.4. The second-order valence-corrected chi connectivity index (χ2v) is 1.81. The van der Waals surface area contributed by atoms with E-state index >= 15 is 0 Å². The zero-order valence-corrected chi connectivity index (χ0v) is 5.31. The number of ketones is 1. The molecule has 9 heavy (non-hydrogen) atoms. The number of allylic oxidation sites excluding steroid dienone is 2. The maximum atomic E-state index is 10.2. The van der Waals surface area contributed by atoms with Crippen LogP contribution in [0.1, 0.15) is 0 Å². The van der Waals surface area contributed by atoms with Gasteiger partial charge in [-0.2, -0.15) is 8.42 Å². The molecule has 0 saturated carbocycles. The van der Waals surface area contributed by atoms with Gasteiger partial charge in [0.25, 0.3) is 10.3 Å². The van der Waals surface area contributed by atoms with Gasteiger partial charge in [-0.25, -0.2) is 0 Å². The normalized spacial score (nSPS) is 7.11. The second-order valence-electron chi connectivity index (χ2n) is 1.10. The van der Waals surface area contributed by atoms with E-state index in [1.807, 2.05) is 0 Å². The molecule has 0 atom stereocenters. The second kappa shape index (κ2) is 3.83. The molecule has 0 N–H and O–H groups in total. The van der Waals surface area contributed by atoms with Gasteiger partial charge in [0.1, 0.15) is 0 Å². The van der Waals surface area contributed by atoms with Crippen molar-refractivity contribution < 1.29 is 13.2 Å². The Morgan fingerprint density at radius 3 is 2.44 bits per heavy atom. The molecule has 0 fully saturated rings. The fourth-order valence-corrected chi connectivity index (χ4v) is 0.377. The number of hydrogen-bond acceptors (Lipinski definition) is 3. The van der Waals surface area contributed by atoms with Crippen molar-refractivity contribution in [3.63, 3.8) is 0 Å². The highest BCUT2D eigenvalue weighted by molar-refractivity contribution is 7.70. The molecule has 48 valence electrons. The molecule has 0 rings (SSSR count). The van der Waals surface area contributed by atoms with Crippen LogP contribution in [0.15, 0.2) is 18.7 Å². The molecule has 0 heterocycles. The topological polar surface area (TPSA) is 51.2 Å². The largest absolute Gasteiger partial charge is 0.289 e. The maximum absolute atomic E-state index is 10.2. The van der Waals surface area contributed by atoms with Crippen LogP contribution < -0.4 is 0 Å². The summed E-state index contributed by atoms with van der Waals surface area (Å²) >= 11 is 0. The van der Waals surface area contributed by atoms with Crippen LogP contribution in [0.4, 0.5) is 0 Å². The minimum Gasteiger partial charge on any atom is -0.289 e. The van der Waals surface area contributed by atoms with Gasteiger partial charge < -0.3 is 0 Å². The summed E-state index contributed by atoms with van der Waals surface area (Å²) in [6, 6.07) is 0. The lowest BCUT2D eigenvalue weighted by Gasteiger charge is -1.67. The molecule has 0 aromatic heterocycles. The third kappa shape index (κ3) is 4.74. The fourth-order valence-electron chi connectivity index (χ4n) is 0.165. The van der Waals surface area contributed by atoms with Crippen LogP contribution in [-0.2, 0) is 15.1 Å². The highest BCUT2D eigenvalue weighted by Crippen LogP contribution is 1.68. The van der Waals surface area contributed by atoms with E-state index in [0.717, 1.165) is 12.2 Å². The minimum absolute atomic E-state index is 0.473.